The van der Waals surface area contributed by atoms with Crippen LogP contribution in [-0.4, -0.2) is 35.7 Å². The van der Waals surface area contributed by atoms with Gasteiger partial charge in [0.1, 0.15) is 5.82 Å². The molecule has 0 saturated heterocycles. The largest absolute Gasteiger partial charge is 0.481 e. The molecule has 0 radical (unpaired) electrons. The van der Waals surface area contributed by atoms with Crippen LogP contribution in [0.15, 0.2) is 18.3 Å². The van der Waals surface area contributed by atoms with E-state index >= 15 is 0 Å². The van der Waals surface area contributed by atoms with Crippen LogP contribution in [0.1, 0.15) is 39.7 Å². The number of nitrogens with zero attached hydrogens (tertiary/aromatic N) is 2. The zero-order valence-corrected chi connectivity index (χ0v) is 14.3. The molecule has 0 aliphatic rings. The zero-order chi connectivity index (χ0) is 16.7. The standard InChI is InChI=1S/C17H29N3O2/c1-12(2)8-15(17(21)22)11-18-9-14-6-7-16(19-10-14)20(5)13(3)4/h6-7,10,12-13,15,18H,8-9,11H2,1-5H3,(H,21,22). The summed E-state index contributed by atoms with van der Waals surface area (Å²) in [5.74, 6) is 0.268. The van der Waals surface area contributed by atoms with Gasteiger partial charge in [-0.2, -0.15) is 0 Å². The molecule has 22 heavy (non-hydrogen) atoms. The number of carbonyl (C=O) groups is 1. The molecule has 1 aromatic heterocycles. The van der Waals surface area contributed by atoms with Gasteiger partial charge in [-0.15, -0.1) is 0 Å². The lowest BCUT2D eigenvalue weighted by Crippen LogP contribution is -2.29. The number of hydrogen-bond donors (Lipinski definition) is 2. The third-order valence-corrected chi connectivity index (χ3v) is 3.77. The van der Waals surface area contributed by atoms with Crippen molar-refractivity contribution in [1.29, 1.82) is 0 Å². The number of pyridine rings is 1. The van der Waals surface area contributed by atoms with E-state index in [-0.39, 0.29) is 5.92 Å². The number of rotatable bonds is 9. The minimum absolute atomic E-state index is 0.334. The van der Waals surface area contributed by atoms with E-state index < -0.39 is 5.97 Å². The Labute approximate surface area is 133 Å². The number of anilines is 1. The van der Waals surface area contributed by atoms with Crippen LogP contribution < -0.4 is 10.2 Å². The van der Waals surface area contributed by atoms with Crippen LogP contribution >= 0.6 is 0 Å². The summed E-state index contributed by atoms with van der Waals surface area (Å²) >= 11 is 0. The zero-order valence-electron chi connectivity index (χ0n) is 14.3. The molecule has 0 aliphatic heterocycles. The van der Waals surface area contributed by atoms with E-state index in [9.17, 15) is 9.90 Å². The highest BCUT2D eigenvalue weighted by atomic mass is 16.4. The van der Waals surface area contributed by atoms with Crippen molar-refractivity contribution in [2.75, 3.05) is 18.5 Å². The molecule has 124 valence electrons. The highest BCUT2D eigenvalue weighted by Crippen LogP contribution is 2.13. The predicted octanol–water partition coefficient (Wildman–Crippen LogP) is 2.76. The predicted molar refractivity (Wildman–Crippen MR) is 90.1 cm³/mol. The highest BCUT2D eigenvalue weighted by Gasteiger charge is 2.18. The van der Waals surface area contributed by atoms with Gasteiger partial charge in [0.05, 0.1) is 5.92 Å². The minimum Gasteiger partial charge on any atom is -0.481 e. The Bertz CT molecular complexity index is 457. The quantitative estimate of drug-likeness (QED) is 0.734. The summed E-state index contributed by atoms with van der Waals surface area (Å²) in [4.78, 5) is 17.8. The van der Waals surface area contributed by atoms with Crippen molar-refractivity contribution in [2.24, 2.45) is 11.8 Å². The number of carboxylic acid groups (broad SMARTS) is 1. The lowest BCUT2D eigenvalue weighted by Gasteiger charge is -2.22. The van der Waals surface area contributed by atoms with E-state index in [0.29, 0.717) is 31.5 Å². The highest BCUT2D eigenvalue weighted by molar-refractivity contribution is 5.70. The van der Waals surface area contributed by atoms with Gasteiger partial charge in [-0.05, 0) is 37.8 Å². The summed E-state index contributed by atoms with van der Waals surface area (Å²) in [6, 6.07) is 4.44. The average molecular weight is 307 g/mol. The molecule has 0 bridgehead atoms. The van der Waals surface area contributed by atoms with Crippen LogP contribution in [0.2, 0.25) is 0 Å². The summed E-state index contributed by atoms with van der Waals surface area (Å²) in [5.41, 5.74) is 1.06. The van der Waals surface area contributed by atoms with Crippen LogP contribution in [-0.2, 0) is 11.3 Å². The third-order valence-electron chi connectivity index (χ3n) is 3.77. The van der Waals surface area contributed by atoms with Crippen molar-refractivity contribution in [2.45, 2.75) is 46.7 Å². The van der Waals surface area contributed by atoms with Crippen LogP contribution in [0.5, 0.6) is 0 Å². The second kappa shape index (κ2) is 8.73. The van der Waals surface area contributed by atoms with E-state index in [1.807, 2.05) is 39.2 Å². The number of aromatic nitrogens is 1. The molecule has 0 fully saturated rings. The molecule has 0 aromatic carbocycles. The molecule has 1 atom stereocenters. The lowest BCUT2D eigenvalue weighted by molar-refractivity contribution is -0.142. The van der Waals surface area contributed by atoms with E-state index in [0.717, 1.165) is 11.4 Å². The summed E-state index contributed by atoms with van der Waals surface area (Å²) in [6.07, 6.45) is 2.54. The van der Waals surface area contributed by atoms with Crippen molar-refractivity contribution in [3.63, 3.8) is 0 Å². The second-order valence-electron chi connectivity index (χ2n) is 6.52. The number of carboxylic acids is 1. The van der Waals surface area contributed by atoms with Crippen LogP contribution in [0, 0.1) is 11.8 Å². The molecule has 1 heterocycles. The first-order chi connectivity index (χ1) is 10.3. The van der Waals surface area contributed by atoms with Gasteiger partial charge in [0, 0.05) is 32.4 Å². The molecule has 1 aromatic rings. The first-order valence-corrected chi connectivity index (χ1v) is 7.92. The summed E-state index contributed by atoms with van der Waals surface area (Å²) in [7, 11) is 2.02. The van der Waals surface area contributed by atoms with Crippen molar-refractivity contribution in [3.05, 3.63) is 23.9 Å². The lowest BCUT2D eigenvalue weighted by atomic mass is 9.97. The minimum atomic E-state index is -0.728. The maximum absolute atomic E-state index is 11.2. The Morgan fingerprint density at radius 1 is 1.32 bits per heavy atom. The Balaban J connectivity index is 2.49. The fourth-order valence-corrected chi connectivity index (χ4v) is 2.23. The molecule has 0 saturated carbocycles. The molecule has 1 unspecified atom stereocenters. The Hall–Kier alpha value is -1.62. The van der Waals surface area contributed by atoms with Gasteiger partial charge in [0.15, 0.2) is 0 Å². The van der Waals surface area contributed by atoms with Gasteiger partial charge >= 0.3 is 5.97 Å². The summed E-state index contributed by atoms with van der Waals surface area (Å²) in [6.45, 7) is 9.46. The SMILES string of the molecule is CC(C)CC(CNCc1ccc(N(C)C(C)C)nc1)C(=O)O. The topological polar surface area (TPSA) is 65.5 Å². The van der Waals surface area contributed by atoms with Gasteiger partial charge in [-0.25, -0.2) is 4.98 Å². The van der Waals surface area contributed by atoms with Crippen molar-refractivity contribution >= 4 is 11.8 Å². The first-order valence-electron chi connectivity index (χ1n) is 7.92. The molecule has 0 amide bonds. The second-order valence-corrected chi connectivity index (χ2v) is 6.52. The third kappa shape index (κ3) is 6.02. The number of hydrogen-bond acceptors (Lipinski definition) is 4. The average Bonchev–Trinajstić information content (AvgIpc) is 2.45. The molecule has 1 rings (SSSR count). The van der Waals surface area contributed by atoms with E-state index in [1.165, 1.54) is 0 Å². The number of nitrogens with one attached hydrogen (secondary N) is 1. The van der Waals surface area contributed by atoms with Crippen LogP contribution in [0.3, 0.4) is 0 Å². The van der Waals surface area contributed by atoms with E-state index in [4.69, 9.17) is 0 Å². The van der Waals surface area contributed by atoms with Gasteiger partial charge in [-0.3, -0.25) is 4.79 Å². The molecule has 5 nitrogen and oxygen atoms in total. The summed E-state index contributed by atoms with van der Waals surface area (Å²) < 4.78 is 0. The van der Waals surface area contributed by atoms with Gasteiger partial charge in [0.2, 0.25) is 0 Å². The van der Waals surface area contributed by atoms with Crippen molar-refractivity contribution in [3.8, 4) is 0 Å². The Morgan fingerprint density at radius 2 is 2.00 bits per heavy atom. The maximum Gasteiger partial charge on any atom is 0.307 e. The monoisotopic (exact) mass is 307 g/mol. The smallest absolute Gasteiger partial charge is 0.307 e. The molecule has 2 N–H and O–H groups in total. The Kier molecular flexibility index (Phi) is 7.32. The van der Waals surface area contributed by atoms with Crippen molar-refractivity contribution in [1.82, 2.24) is 10.3 Å². The fourth-order valence-electron chi connectivity index (χ4n) is 2.23. The maximum atomic E-state index is 11.2. The fraction of sp³-hybridized carbons (Fsp3) is 0.647. The molecular weight excluding hydrogens is 278 g/mol. The van der Waals surface area contributed by atoms with E-state index in [1.54, 1.807) is 0 Å². The molecule has 5 heteroatoms. The van der Waals surface area contributed by atoms with Gasteiger partial charge < -0.3 is 15.3 Å². The molecule has 0 spiro atoms. The molecular formula is C17H29N3O2. The van der Waals surface area contributed by atoms with Gasteiger partial charge in [-0.1, -0.05) is 19.9 Å². The van der Waals surface area contributed by atoms with E-state index in [2.05, 4.69) is 29.0 Å². The first kappa shape index (κ1) is 18.4. The summed E-state index contributed by atoms with van der Waals surface area (Å²) in [5, 5.41) is 12.4. The molecule has 0 aliphatic carbocycles. The Morgan fingerprint density at radius 3 is 2.45 bits per heavy atom. The normalized spacial score (nSPS) is 12.7. The number of aliphatic carboxylic acids is 1. The van der Waals surface area contributed by atoms with Crippen molar-refractivity contribution < 1.29 is 9.90 Å². The van der Waals surface area contributed by atoms with Crippen LogP contribution in [0.25, 0.3) is 0 Å². The van der Waals surface area contributed by atoms with Gasteiger partial charge in [0.25, 0.3) is 0 Å². The van der Waals surface area contributed by atoms with Crippen LogP contribution in [0.4, 0.5) is 5.82 Å².